The molecule has 7 nitrogen and oxygen atoms in total. The van der Waals surface area contributed by atoms with Crippen LogP contribution >= 0.6 is 0 Å². The summed E-state index contributed by atoms with van der Waals surface area (Å²) in [6.45, 7) is 0. The van der Waals surface area contributed by atoms with Gasteiger partial charge in [-0.05, 0) is 34.9 Å². The average molecular weight is 433 g/mol. The maximum Gasteiger partial charge on any atom is 0.322 e. The Labute approximate surface area is 179 Å². The van der Waals surface area contributed by atoms with Crippen LogP contribution < -0.4 is 5.32 Å². The molecule has 0 saturated heterocycles. The maximum atomic E-state index is 12.3. The van der Waals surface area contributed by atoms with Gasteiger partial charge in [0.1, 0.15) is 0 Å². The largest absolute Gasteiger partial charge is 0.403 e. The van der Waals surface area contributed by atoms with E-state index in [2.05, 4.69) is 15.5 Å². The Morgan fingerprint density at radius 1 is 0.871 bits per heavy atom. The molecule has 3 aromatic carbocycles. The summed E-state index contributed by atoms with van der Waals surface area (Å²) in [6, 6.07) is 23.9. The Hall–Kier alpha value is -3.78. The van der Waals surface area contributed by atoms with Crippen molar-refractivity contribution in [2.45, 2.75) is 11.3 Å². The van der Waals surface area contributed by atoms with Crippen LogP contribution in [0.3, 0.4) is 0 Å². The lowest BCUT2D eigenvalue weighted by molar-refractivity contribution is -0.115. The van der Waals surface area contributed by atoms with Crippen molar-refractivity contribution in [1.29, 1.82) is 0 Å². The molecule has 0 aliphatic heterocycles. The van der Waals surface area contributed by atoms with Gasteiger partial charge in [-0.1, -0.05) is 65.8 Å². The number of sulfone groups is 1. The summed E-state index contributed by atoms with van der Waals surface area (Å²) in [4.78, 5) is 12.5. The molecule has 4 aromatic rings. The standard InChI is InChI=1S/C23H19N3O4S/c1-31(28,29)20-9-5-8-19(15-20)22-25-26-23(30-22)24-21(27)14-16-10-12-18(13-11-16)17-6-3-2-4-7-17/h2-13,15H,14H2,1H3,(H,24,26,27). The van der Waals surface area contributed by atoms with E-state index in [4.69, 9.17) is 4.42 Å². The molecule has 156 valence electrons. The van der Waals surface area contributed by atoms with Gasteiger partial charge >= 0.3 is 6.01 Å². The molecule has 0 aliphatic rings. The molecule has 8 heteroatoms. The van der Waals surface area contributed by atoms with Gasteiger partial charge < -0.3 is 4.42 Å². The van der Waals surface area contributed by atoms with Crippen molar-refractivity contribution in [3.63, 3.8) is 0 Å². The number of carbonyl (C=O) groups excluding carboxylic acids is 1. The summed E-state index contributed by atoms with van der Waals surface area (Å²) in [5, 5.41) is 10.3. The van der Waals surface area contributed by atoms with E-state index in [0.29, 0.717) is 5.56 Å². The Morgan fingerprint density at radius 2 is 1.55 bits per heavy atom. The topological polar surface area (TPSA) is 102 Å². The predicted octanol–water partition coefficient (Wildman–Crippen LogP) is 3.99. The molecule has 0 radical (unpaired) electrons. The fourth-order valence-electron chi connectivity index (χ4n) is 3.04. The number of nitrogens with one attached hydrogen (secondary N) is 1. The third kappa shape index (κ3) is 5.04. The van der Waals surface area contributed by atoms with Crippen molar-refractivity contribution in [2.24, 2.45) is 0 Å². The van der Waals surface area contributed by atoms with Crippen molar-refractivity contribution in [3.05, 3.63) is 84.4 Å². The van der Waals surface area contributed by atoms with Gasteiger partial charge in [-0.2, -0.15) is 0 Å². The van der Waals surface area contributed by atoms with Gasteiger partial charge in [-0.15, -0.1) is 5.10 Å². The van der Waals surface area contributed by atoms with Crippen molar-refractivity contribution < 1.29 is 17.6 Å². The predicted molar refractivity (Wildman–Crippen MR) is 117 cm³/mol. The number of hydrogen-bond donors (Lipinski definition) is 1. The maximum absolute atomic E-state index is 12.3. The molecule has 1 heterocycles. The first-order valence-corrected chi connectivity index (χ1v) is 11.4. The zero-order valence-corrected chi connectivity index (χ0v) is 17.5. The molecule has 4 rings (SSSR count). The minimum atomic E-state index is -3.36. The van der Waals surface area contributed by atoms with Crippen molar-refractivity contribution in [3.8, 4) is 22.6 Å². The van der Waals surface area contributed by atoms with Crippen LogP contribution in [0, 0.1) is 0 Å². The van der Waals surface area contributed by atoms with E-state index >= 15 is 0 Å². The first-order valence-electron chi connectivity index (χ1n) is 9.47. The van der Waals surface area contributed by atoms with Crippen molar-refractivity contribution >= 4 is 21.8 Å². The van der Waals surface area contributed by atoms with Gasteiger partial charge in [0, 0.05) is 11.8 Å². The molecular weight excluding hydrogens is 414 g/mol. The third-order valence-corrected chi connectivity index (χ3v) is 5.72. The Kier molecular flexibility index (Phi) is 5.64. The lowest BCUT2D eigenvalue weighted by Crippen LogP contribution is -2.14. The molecule has 1 aromatic heterocycles. The smallest absolute Gasteiger partial charge is 0.322 e. The number of aromatic nitrogens is 2. The van der Waals surface area contributed by atoms with Gasteiger partial charge in [0.15, 0.2) is 9.84 Å². The summed E-state index contributed by atoms with van der Waals surface area (Å²) in [6.07, 6.45) is 1.27. The minimum Gasteiger partial charge on any atom is -0.403 e. The highest BCUT2D eigenvalue weighted by Gasteiger charge is 2.14. The third-order valence-electron chi connectivity index (χ3n) is 4.61. The molecule has 0 fully saturated rings. The monoisotopic (exact) mass is 433 g/mol. The highest BCUT2D eigenvalue weighted by Crippen LogP contribution is 2.23. The van der Waals surface area contributed by atoms with Gasteiger partial charge in [0.05, 0.1) is 11.3 Å². The Morgan fingerprint density at radius 3 is 2.26 bits per heavy atom. The fourth-order valence-corrected chi connectivity index (χ4v) is 3.71. The van der Waals surface area contributed by atoms with E-state index in [1.54, 1.807) is 12.1 Å². The number of nitrogens with zero attached hydrogens (tertiary/aromatic N) is 2. The first kappa shape index (κ1) is 20.5. The second-order valence-electron chi connectivity index (χ2n) is 7.00. The second-order valence-corrected chi connectivity index (χ2v) is 9.02. The molecule has 0 saturated carbocycles. The summed E-state index contributed by atoms with van der Waals surface area (Å²) in [5.41, 5.74) is 3.48. The average Bonchev–Trinajstić information content (AvgIpc) is 3.23. The summed E-state index contributed by atoms with van der Waals surface area (Å²) in [5.74, 6) is -0.180. The second kappa shape index (κ2) is 8.53. The van der Waals surface area contributed by atoms with E-state index < -0.39 is 9.84 Å². The summed E-state index contributed by atoms with van der Waals surface area (Å²) < 4.78 is 28.9. The normalized spacial score (nSPS) is 11.3. The first-order chi connectivity index (χ1) is 14.9. The number of rotatable bonds is 6. The van der Waals surface area contributed by atoms with E-state index in [9.17, 15) is 13.2 Å². The SMILES string of the molecule is CS(=O)(=O)c1cccc(-c2nnc(NC(=O)Cc3ccc(-c4ccccc4)cc3)o2)c1. The highest BCUT2D eigenvalue weighted by molar-refractivity contribution is 7.90. The molecule has 0 atom stereocenters. The van der Waals surface area contributed by atoms with Crippen LogP contribution in [-0.2, 0) is 21.1 Å². The van der Waals surface area contributed by atoms with Crippen LogP contribution in [0.4, 0.5) is 6.01 Å². The Balaban J connectivity index is 1.42. The lowest BCUT2D eigenvalue weighted by Gasteiger charge is -2.04. The number of hydrogen-bond acceptors (Lipinski definition) is 6. The zero-order valence-electron chi connectivity index (χ0n) is 16.6. The van der Waals surface area contributed by atoms with E-state index in [1.807, 2.05) is 54.6 Å². The molecule has 0 aliphatic carbocycles. The molecule has 0 bridgehead atoms. The quantitative estimate of drug-likeness (QED) is 0.493. The van der Waals surface area contributed by atoms with Gasteiger partial charge in [0.25, 0.3) is 0 Å². The summed E-state index contributed by atoms with van der Waals surface area (Å²) in [7, 11) is -3.36. The molecule has 31 heavy (non-hydrogen) atoms. The highest BCUT2D eigenvalue weighted by atomic mass is 32.2. The molecule has 1 amide bonds. The van der Waals surface area contributed by atoms with Crippen LogP contribution in [0.5, 0.6) is 0 Å². The molecule has 0 unspecified atom stereocenters. The van der Waals surface area contributed by atoms with Crippen LogP contribution in [0.2, 0.25) is 0 Å². The number of amides is 1. The van der Waals surface area contributed by atoms with E-state index in [0.717, 1.165) is 22.9 Å². The van der Waals surface area contributed by atoms with Crippen LogP contribution in [0.1, 0.15) is 5.56 Å². The number of benzene rings is 3. The van der Waals surface area contributed by atoms with Crippen LogP contribution in [-0.4, -0.2) is 30.8 Å². The molecular formula is C23H19N3O4S. The van der Waals surface area contributed by atoms with Crippen LogP contribution in [0.25, 0.3) is 22.6 Å². The van der Waals surface area contributed by atoms with Crippen LogP contribution in [0.15, 0.2) is 88.2 Å². The Bertz CT molecular complexity index is 1310. The van der Waals surface area contributed by atoms with E-state index in [1.165, 1.54) is 12.1 Å². The lowest BCUT2D eigenvalue weighted by atomic mass is 10.0. The van der Waals surface area contributed by atoms with E-state index in [-0.39, 0.29) is 29.1 Å². The van der Waals surface area contributed by atoms with Crippen molar-refractivity contribution in [2.75, 3.05) is 11.6 Å². The number of anilines is 1. The zero-order chi connectivity index (χ0) is 21.8. The fraction of sp³-hybridized carbons (Fsp3) is 0.0870. The number of carbonyl (C=O) groups is 1. The summed E-state index contributed by atoms with van der Waals surface area (Å²) >= 11 is 0. The van der Waals surface area contributed by atoms with Gasteiger partial charge in [-0.25, -0.2) is 8.42 Å². The molecule has 1 N–H and O–H groups in total. The minimum absolute atomic E-state index is 0.0503. The van der Waals surface area contributed by atoms with Gasteiger partial charge in [-0.3, -0.25) is 10.1 Å². The molecule has 0 spiro atoms. The van der Waals surface area contributed by atoms with Crippen molar-refractivity contribution in [1.82, 2.24) is 10.2 Å². The van der Waals surface area contributed by atoms with Gasteiger partial charge in [0.2, 0.25) is 11.8 Å².